The number of carbonyl (C=O) groups is 1. The first-order chi connectivity index (χ1) is 11.5. The van der Waals surface area contributed by atoms with E-state index in [1.165, 1.54) is 0 Å². The van der Waals surface area contributed by atoms with Crippen molar-refractivity contribution < 1.29 is 4.79 Å². The van der Waals surface area contributed by atoms with Gasteiger partial charge in [-0.1, -0.05) is 23.7 Å². The van der Waals surface area contributed by atoms with Gasteiger partial charge in [-0.25, -0.2) is 0 Å². The second kappa shape index (κ2) is 7.11. The van der Waals surface area contributed by atoms with Gasteiger partial charge in [0.2, 0.25) is 0 Å². The van der Waals surface area contributed by atoms with Crippen molar-refractivity contribution in [1.82, 2.24) is 4.90 Å². The molecule has 3 rings (SSSR count). The highest BCUT2D eigenvalue weighted by Crippen LogP contribution is 2.28. The summed E-state index contributed by atoms with van der Waals surface area (Å²) in [7, 11) is 2.12. The number of anilines is 3. The fourth-order valence-corrected chi connectivity index (χ4v) is 3.03. The zero-order chi connectivity index (χ0) is 17.1. The van der Waals surface area contributed by atoms with Gasteiger partial charge < -0.3 is 20.9 Å². The summed E-state index contributed by atoms with van der Waals surface area (Å²) >= 11 is 6.06. The number of nitrogens with one attached hydrogen (secondary N) is 1. The molecule has 1 fully saturated rings. The van der Waals surface area contributed by atoms with E-state index in [4.69, 9.17) is 17.3 Å². The summed E-state index contributed by atoms with van der Waals surface area (Å²) in [6.45, 7) is 3.94. The average molecular weight is 345 g/mol. The summed E-state index contributed by atoms with van der Waals surface area (Å²) in [5.74, 6) is -0.243. The first-order valence-electron chi connectivity index (χ1n) is 7.93. The number of hydrogen-bond donors (Lipinski definition) is 2. The van der Waals surface area contributed by atoms with E-state index in [0.29, 0.717) is 22.0 Å². The molecule has 0 unspecified atom stereocenters. The molecule has 5 nitrogen and oxygen atoms in total. The number of carbonyl (C=O) groups excluding carboxylic acids is 1. The summed E-state index contributed by atoms with van der Waals surface area (Å²) in [6, 6.07) is 12.6. The number of amides is 1. The van der Waals surface area contributed by atoms with E-state index in [1.54, 1.807) is 30.3 Å². The minimum absolute atomic E-state index is 0.243. The number of nitrogens with two attached hydrogens (primary N) is 1. The highest BCUT2D eigenvalue weighted by molar-refractivity contribution is 6.34. The lowest BCUT2D eigenvalue weighted by Crippen LogP contribution is -2.44. The van der Waals surface area contributed by atoms with Crippen LogP contribution in [0, 0.1) is 0 Å². The van der Waals surface area contributed by atoms with Gasteiger partial charge in [0.25, 0.3) is 5.91 Å². The van der Waals surface area contributed by atoms with Gasteiger partial charge in [-0.3, -0.25) is 4.79 Å². The van der Waals surface area contributed by atoms with Crippen LogP contribution < -0.4 is 16.0 Å². The molecule has 3 N–H and O–H groups in total. The van der Waals surface area contributed by atoms with E-state index in [-0.39, 0.29) is 5.91 Å². The Morgan fingerprint density at radius 1 is 1.12 bits per heavy atom. The first-order valence-corrected chi connectivity index (χ1v) is 8.31. The molecule has 1 saturated heterocycles. The highest BCUT2D eigenvalue weighted by atomic mass is 35.5. The third-order valence-corrected chi connectivity index (χ3v) is 4.58. The summed E-state index contributed by atoms with van der Waals surface area (Å²) < 4.78 is 0. The van der Waals surface area contributed by atoms with Crippen LogP contribution in [0.2, 0.25) is 5.02 Å². The Morgan fingerprint density at radius 2 is 1.83 bits per heavy atom. The van der Waals surface area contributed by atoms with Crippen molar-refractivity contribution in [3.05, 3.63) is 53.1 Å². The van der Waals surface area contributed by atoms with Gasteiger partial charge in [0.05, 0.1) is 22.0 Å². The highest BCUT2D eigenvalue weighted by Gasteiger charge is 2.17. The molecule has 0 bridgehead atoms. The van der Waals surface area contributed by atoms with Gasteiger partial charge in [-0.2, -0.15) is 0 Å². The third-order valence-electron chi connectivity index (χ3n) is 4.25. The molecule has 1 aliphatic rings. The molecule has 1 amide bonds. The normalized spacial score (nSPS) is 15.3. The number of rotatable bonds is 3. The standard InChI is InChI=1S/C18H21ClN4O/c1-22-8-10-23(11-9-22)17-7-6-13(12-16(17)20)21-18(24)14-4-2-3-5-15(14)19/h2-7,12H,8-11,20H2,1H3,(H,21,24). The molecule has 0 aromatic heterocycles. The molecule has 6 heteroatoms. The number of benzene rings is 2. The van der Waals surface area contributed by atoms with Crippen LogP contribution in [-0.2, 0) is 0 Å². The summed E-state index contributed by atoms with van der Waals surface area (Å²) in [5.41, 5.74) is 8.98. The quantitative estimate of drug-likeness (QED) is 0.840. The van der Waals surface area contributed by atoms with Gasteiger partial charge in [0.15, 0.2) is 0 Å². The zero-order valence-electron chi connectivity index (χ0n) is 13.6. The molecular weight excluding hydrogens is 324 g/mol. The van der Waals surface area contributed by atoms with E-state index in [9.17, 15) is 4.79 Å². The molecule has 0 saturated carbocycles. The Morgan fingerprint density at radius 3 is 2.50 bits per heavy atom. The number of hydrogen-bond acceptors (Lipinski definition) is 4. The zero-order valence-corrected chi connectivity index (χ0v) is 14.4. The molecule has 0 aliphatic carbocycles. The van der Waals surface area contributed by atoms with Crippen LogP contribution in [-0.4, -0.2) is 44.0 Å². The van der Waals surface area contributed by atoms with Crippen LogP contribution >= 0.6 is 11.6 Å². The van der Waals surface area contributed by atoms with Crippen molar-refractivity contribution in [3.8, 4) is 0 Å². The minimum atomic E-state index is -0.243. The molecule has 0 atom stereocenters. The second-order valence-corrected chi connectivity index (χ2v) is 6.41. The lowest BCUT2D eigenvalue weighted by molar-refractivity contribution is 0.102. The molecule has 1 aliphatic heterocycles. The monoisotopic (exact) mass is 344 g/mol. The predicted octanol–water partition coefficient (Wildman–Crippen LogP) is 2.93. The Hall–Kier alpha value is -2.24. The van der Waals surface area contributed by atoms with E-state index in [0.717, 1.165) is 31.9 Å². The number of nitrogen functional groups attached to an aromatic ring is 1. The second-order valence-electron chi connectivity index (χ2n) is 6.00. The molecule has 1 heterocycles. The first kappa shape index (κ1) is 16.6. The minimum Gasteiger partial charge on any atom is -0.397 e. The summed E-state index contributed by atoms with van der Waals surface area (Å²) in [5, 5.41) is 3.27. The van der Waals surface area contributed by atoms with E-state index >= 15 is 0 Å². The molecule has 126 valence electrons. The number of likely N-dealkylation sites (N-methyl/N-ethyl adjacent to an activating group) is 1. The molecule has 2 aromatic rings. The van der Waals surface area contributed by atoms with Crippen LogP contribution in [0.1, 0.15) is 10.4 Å². The molecular formula is C18H21ClN4O. The third kappa shape index (κ3) is 3.63. The smallest absolute Gasteiger partial charge is 0.257 e. The number of piperazine rings is 1. The molecule has 24 heavy (non-hydrogen) atoms. The topological polar surface area (TPSA) is 61.6 Å². The Balaban J connectivity index is 1.73. The van der Waals surface area contributed by atoms with Gasteiger partial charge in [0.1, 0.15) is 0 Å². The average Bonchev–Trinajstić information content (AvgIpc) is 2.56. The fraction of sp³-hybridized carbons (Fsp3) is 0.278. The molecule has 2 aromatic carbocycles. The van der Waals surface area contributed by atoms with E-state index < -0.39 is 0 Å². The van der Waals surface area contributed by atoms with Crippen LogP contribution in [0.15, 0.2) is 42.5 Å². The summed E-state index contributed by atoms with van der Waals surface area (Å²) in [6.07, 6.45) is 0. The van der Waals surface area contributed by atoms with Gasteiger partial charge >= 0.3 is 0 Å². The van der Waals surface area contributed by atoms with Crippen LogP contribution in [0.4, 0.5) is 17.1 Å². The van der Waals surface area contributed by atoms with Crippen molar-refractivity contribution in [3.63, 3.8) is 0 Å². The number of nitrogens with zero attached hydrogens (tertiary/aromatic N) is 2. The Kier molecular flexibility index (Phi) is 4.92. The van der Waals surface area contributed by atoms with Crippen molar-refractivity contribution in [2.24, 2.45) is 0 Å². The van der Waals surface area contributed by atoms with E-state index in [1.807, 2.05) is 12.1 Å². The van der Waals surface area contributed by atoms with Crippen LogP contribution in [0.3, 0.4) is 0 Å². The maximum Gasteiger partial charge on any atom is 0.257 e. The maximum absolute atomic E-state index is 12.3. The van der Waals surface area contributed by atoms with Gasteiger partial charge in [-0.15, -0.1) is 0 Å². The van der Waals surface area contributed by atoms with Crippen molar-refractivity contribution >= 4 is 34.6 Å². The lowest BCUT2D eigenvalue weighted by Gasteiger charge is -2.34. The molecule has 0 radical (unpaired) electrons. The van der Waals surface area contributed by atoms with Gasteiger partial charge in [-0.05, 0) is 37.4 Å². The Bertz CT molecular complexity index is 742. The van der Waals surface area contributed by atoms with Crippen molar-refractivity contribution in [2.45, 2.75) is 0 Å². The summed E-state index contributed by atoms with van der Waals surface area (Å²) in [4.78, 5) is 16.9. The van der Waals surface area contributed by atoms with Crippen molar-refractivity contribution in [1.29, 1.82) is 0 Å². The number of halogens is 1. The largest absolute Gasteiger partial charge is 0.397 e. The lowest BCUT2D eigenvalue weighted by atomic mass is 10.1. The fourth-order valence-electron chi connectivity index (χ4n) is 2.81. The van der Waals surface area contributed by atoms with Crippen molar-refractivity contribution in [2.75, 3.05) is 49.2 Å². The van der Waals surface area contributed by atoms with Gasteiger partial charge in [0, 0.05) is 31.9 Å². The van der Waals surface area contributed by atoms with Crippen LogP contribution in [0.5, 0.6) is 0 Å². The SMILES string of the molecule is CN1CCN(c2ccc(NC(=O)c3ccccc3Cl)cc2N)CC1. The Labute approximate surface area is 147 Å². The van der Waals surface area contributed by atoms with E-state index in [2.05, 4.69) is 22.2 Å². The predicted molar refractivity (Wildman–Crippen MR) is 100.0 cm³/mol. The maximum atomic E-state index is 12.3. The molecule has 0 spiro atoms. The van der Waals surface area contributed by atoms with Crippen LogP contribution in [0.25, 0.3) is 0 Å².